The lowest BCUT2D eigenvalue weighted by atomic mass is 10.3. The maximum Gasteiger partial charge on any atom is 0.257 e. The zero-order chi connectivity index (χ0) is 19.3. The molecule has 1 amide bonds. The minimum atomic E-state index is -3.69. The van der Waals surface area contributed by atoms with Gasteiger partial charge in [0.15, 0.2) is 16.4 Å². The molecule has 0 spiro atoms. The molecule has 1 N–H and O–H groups in total. The summed E-state index contributed by atoms with van der Waals surface area (Å²) in [6.07, 6.45) is 1.40. The number of furan rings is 1. The molecule has 3 aromatic rings. The molecule has 0 aliphatic carbocycles. The third-order valence-corrected chi connectivity index (χ3v) is 7.42. The van der Waals surface area contributed by atoms with Gasteiger partial charge in [0, 0.05) is 11.6 Å². The van der Waals surface area contributed by atoms with Gasteiger partial charge < -0.3 is 14.5 Å². The lowest BCUT2D eigenvalue weighted by Gasteiger charge is -2.16. The van der Waals surface area contributed by atoms with Crippen LogP contribution in [0.5, 0.6) is 5.75 Å². The number of amides is 1. The van der Waals surface area contributed by atoms with Gasteiger partial charge in [0.25, 0.3) is 5.91 Å². The molecule has 0 aliphatic heterocycles. The standard InChI is InChI=1S/C18H16ClNO5S2/c19-13-5-7-14(8-6-13)25-12-17(21)20-11-16(15-3-1-9-24-15)27(22,23)18-4-2-10-26-18/h1-10,16H,11-12H2,(H,20,21). The molecular weight excluding hydrogens is 410 g/mol. The number of sulfone groups is 1. The lowest BCUT2D eigenvalue weighted by molar-refractivity contribution is -0.123. The summed E-state index contributed by atoms with van der Waals surface area (Å²) in [6.45, 7) is -0.373. The van der Waals surface area contributed by atoms with Crippen LogP contribution in [0.1, 0.15) is 11.0 Å². The molecule has 6 nitrogen and oxygen atoms in total. The van der Waals surface area contributed by atoms with E-state index in [1.54, 1.807) is 47.8 Å². The Morgan fingerprint density at radius 3 is 2.59 bits per heavy atom. The highest BCUT2D eigenvalue weighted by molar-refractivity contribution is 7.93. The molecule has 142 valence electrons. The van der Waals surface area contributed by atoms with E-state index >= 15 is 0 Å². The Kier molecular flexibility index (Phi) is 6.20. The minimum Gasteiger partial charge on any atom is -0.484 e. The van der Waals surface area contributed by atoms with E-state index in [1.807, 2.05) is 0 Å². The smallest absolute Gasteiger partial charge is 0.257 e. The molecule has 0 saturated carbocycles. The summed E-state index contributed by atoms with van der Waals surface area (Å²) in [5.41, 5.74) is 0. The van der Waals surface area contributed by atoms with E-state index in [1.165, 1.54) is 12.3 Å². The Labute approximate surface area is 165 Å². The van der Waals surface area contributed by atoms with Gasteiger partial charge in [-0.2, -0.15) is 0 Å². The van der Waals surface area contributed by atoms with Crippen LogP contribution in [0.2, 0.25) is 5.02 Å². The first-order valence-corrected chi connectivity index (χ1v) is 10.7. The van der Waals surface area contributed by atoms with Gasteiger partial charge in [-0.1, -0.05) is 17.7 Å². The van der Waals surface area contributed by atoms with Crippen LogP contribution in [0.4, 0.5) is 0 Å². The maximum absolute atomic E-state index is 12.9. The Balaban J connectivity index is 1.65. The van der Waals surface area contributed by atoms with Gasteiger partial charge in [0.05, 0.1) is 6.26 Å². The molecule has 0 fully saturated rings. The number of thiophene rings is 1. The number of halogens is 1. The summed E-state index contributed by atoms with van der Waals surface area (Å²) in [6, 6.07) is 13.0. The first-order valence-electron chi connectivity index (χ1n) is 7.92. The van der Waals surface area contributed by atoms with E-state index in [0.717, 1.165) is 11.3 Å². The molecule has 2 aromatic heterocycles. The van der Waals surface area contributed by atoms with Crippen LogP contribution in [0, 0.1) is 0 Å². The van der Waals surface area contributed by atoms with E-state index in [4.69, 9.17) is 20.8 Å². The van der Waals surface area contributed by atoms with E-state index in [2.05, 4.69) is 5.32 Å². The van der Waals surface area contributed by atoms with E-state index in [-0.39, 0.29) is 23.1 Å². The van der Waals surface area contributed by atoms with Crippen LogP contribution in [-0.2, 0) is 14.6 Å². The third kappa shape index (κ3) is 4.91. The second-order valence-electron chi connectivity index (χ2n) is 5.53. The van der Waals surface area contributed by atoms with Crippen molar-refractivity contribution in [3.05, 3.63) is 71.0 Å². The largest absolute Gasteiger partial charge is 0.484 e. The van der Waals surface area contributed by atoms with E-state index in [0.29, 0.717) is 10.8 Å². The number of benzene rings is 1. The number of nitrogens with one attached hydrogen (secondary N) is 1. The number of hydrogen-bond acceptors (Lipinski definition) is 6. The zero-order valence-corrected chi connectivity index (χ0v) is 16.4. The normalized spacial score (nSPS) is 12.5. The van der Waals surface area contributed by atoms with Gasteiger partial charge >= 0.3 is 0 Å². The second kappa shape index (κ2) is 8.60. The molecule has 0 bridgehead atoms. The number of rotatable bonds is 8. The fourth-order valence-electron chi connectivity index (χ4n) is 2.34. The third-order valence-electron chi connectivity index (χ3n) is 3.68. The number of ether oxygens (including phenoxy) is 1. The van der Waals surface area contributed by atoms with Crippen molar-refractivity contribution in [3.63, 3.8) is 0 Å². The first-order chi connectivity index (χ1) is 13.0. The highest BCUT2D eigenvalue weighted by Crippen LogP contribution is 2.31. The monoisotopic (exact) mass is 425 g/mol. The predicted octanol–water partition coefficient (Wildman–Crippen LogP) is 3.70. The summed E-state index contributed by atoms with van der Waals surface area (Å²) < 4.78 is 36.6. The number of hydrogen-bond donors (Lipinski definition) is 1. The first kappa shape index (κ1) is 19.5. The Bertz CT molecular complexity index is 967. The Morgan fingerprint density at radius 1 is 1.19 bits per heavy atom. The molecule has 2 heterocycles. The average Bonchev–Trinajstić information content (AvgIpc) is 3.35. The van der Waals surface area contributed by atoms with Gasteiger partial charge in [-0.25, -0.2) is 8.42 Å². The Hall–Kier alpha value is -2.29. The van der Waals surface area contributed by atoms with Gasteiger partial charge in [-0.15, -0.1) is 11.3 Å². The molecule has 0 saturated heterocycles. The molecule has 0 aliphatic rings. The fraction of sp³-hybridized carbons (Fsp3) is 0.167. The summed E-state index contributed by atoms with van der Waals surface area (Å²) in [4.78, 5) is 12.1. The van der Waals surface area contributed by atoms with Gasteiger partial charge in [0.1, 0.15) is 21.0 Å². The van der Waals surface area contributed by atoms with Crippen molar-refractivity contribution in [2.75, 3.05) is 13.2 Å². The fourth-order valence-corrected chi connectivity index (χ4v) is 5.26. The zero-order valence-electron chi connectivity index (χ0n) is 14.0. The van der Waals surface area contributed by atoms with Crippen molar-refractivity contribution in [1.29, 1.82) is 0 Å². The summed E-state index contributed by atoms with van der Waals surface area (Å²) in [5.74, 6) is 0.313. The van der Waals surface area contributed by atoms with Gasteiger partial charge in [-0.3, -0.25) is 4.79 Å². The molecular formula is C18H16ClNO5S2. The SMILES string of the molecule is O=C(COc1ccc(Cl)cc1)NCC(c1ccco1)S(=O)(=O)c1cccs1. The Morgan fingerprint density at radius 2 is 1.96 bits per heavy atom. The van der Waals surface area contributed by atoms with Crippen molar-refractivity contribution in [2.45, 2.75) is 9.46 Å². The molecule has 27 heavy (non-hydrogen) atoms. The van der Waals surface area contributed by atoms with Crippen LogP contribution in [0.3, 0.4) is 0 Å². The molecule has 1 atom stereocenters. The number of carbonyl (C=O) groups is 1. The van der Waals surface area contributed by atoms with Gasteiger partial charge in [0.2, 0.25) is 0 Å². The van der Waals surface area contributed by atoms with Crippen molar-refractivity contribution in [1.82, 2.24) is 5.32 Å². The molecule has 1 unspecified atom stereocenters. The number of carbonyl (C=O) groups excluding carboxylic acids is 1. The van der Waals surface area contributed by atoms with Crippen molar-refractivity contribution < 1.29 is 22.4 Å². The van der Waals surface area contributed by atoms with Crippen molar-refractivity contribution in [2.24, 2.45) is 0 Å². The van der Waals surface area contributed by atoms with Crippen molar-refractivity contribution in [3.8, 4) is 5.75 Å². The highest BCUT2D eigenvalue weighted by Gasteiger charge is 2.32. The van der Waals surface area contributed by atoms with Crippen LogP contribution >= 0.6 is 22.9 Å². The van der Waals surface area contributed by atoms with Crippen molar-refractivity contribution >= 4 is 38.7 Å². The summed E-state index contributed by atoms with van der Waals surface area (Å²) >= 11 is 6.91. The topological polar surface area (TPSA) is 85.6 Å². The lowest BCUT2D eigenvalue weighted by Crippen LogP contribution is -2.34. The van der Waals surface area contributed by atoms with Crippen LogP contribution in [-0.4, -0.2) is 27.5 Å². The van der Waals surface area contributed by atoms with Gasteiger partial charge in [-0.05, 0) is 47.8 Å². The summed E-state index contributed by atoms with van der Waals surface area (Å²) in [7, 11) is -3.69. The average molecular weight is 426 g/mol. The predicted molar refractivity (Wildman–Crippen MR) is 103 cm³/mol. The van der Waals surface area contributed by atoms with Crippen LogP contribution in [0.25, 0.3) is 0 Å². The van der Waals surface area contributed by atoms with Crippen LogP contribution < -0.4 is 10.1 Å². The quantitative estimate of drug-likeness (QED) is 0.594. The van der Waals surface area contributed by atoms with Crippen LogP contribution in [0.15, 0.2) is 68.8 Å². The molecule has 9 heteroatoms. The maximum atomic E-state index is 12.9. The second-order valence-corrected chi connectivity index (χ2v) is 9.27. The van der Waals surface area contributed by atoms with E-state index < -0.39 is 21.0 Å². The molecule has 3 rings (SSSR count). The summed E-state index contributed by atoms with van der Waals surface area (Å²) in [5, 5.41) is 3.82. The molecule has 0 radical (unpaired) electrons. The van der Waals surface area contributed by atoms with E-state index in [9.17, 15) is 13.2 Å². The molecule has 1 aromatic carbocycles. The highest BCUT2D eigenvalue weighted by atomic mass is 35.5. The minimum absolute atomic E-state index is 0.128.